The van der Waals surface area contributed by atoms with E-state index in [1.54, 1.807) is 49.9 Å². The van der Waals surface area contributed by atoms with Crippen LogP contribution >= 0.6 is 23.1 Å². The predicted octanol–water partition coefficient (Wildman–Crippen LogP) is 2.29. The molecular formula is C19H23N7O3S2. The van der Waals surface area contributed by atoms with Crippen molar-refractivity contribution in [1.29, 1.82) is 0 Å². The van der Waals surface area contributed by atoms with Crippen LogP contribution in [0.25, 0.3) is 0 Å². The van der Waals surface area contributed by atoms with E-state index in [-0.39, 0.29) is 18.4 Å². The maximum atomic E-state index is 12.4. The molecule has 1 aromatic carbocycles. The van der Waals surface area contributed by atoms with Gasteiger partial charge in [0, 0.05) is 12.6 Å². The number of aryl methyl sites for hydroxylation is 1. The first-order valence-electron chi connectivity index (χ1n) is 9.51. The van der Waals surface area contributed by atoms with Gasteiger partial charge in [-0.2, -0.15) is 0 Å². The molecule has 0 aliphatic rings. The van der Waals surface area contributed by atoms with E-state index in [1.807, 2.05) is 6.92 Å². The molecule has 10 nitrogen and oxygen atoms in total. The van der Waals surface area contributed by atoms with Gasteiger partial charge in [0.15, 0.2) is 11.0 Å². The Bertz CT molecular complexity index is 1050. The number of rotatable bonds is 9. The number of carbonyl (C=O) groups is 2. The van der Waals surface area contributed by atoms with Gasteiger partial charge in [0.05, 0.1) is 18.9 Å². The number of amides is 2. The molecule has 2 heterocycles. The SMILES string of the molecule is CCc1nnc(NC(=O)[C@H](C)Sc2nnc(CNC(=O)c3ccc(OC)cc3)n2C)s1. The van der Waals surface area contributed by atoms with Crippen molar-refractivity contribution < 1.29 is 14.3 Å². The lowest BCUT2D eigenvalue weighted by atomic mass is 10.2. The van der Waals surface area contributed by atoms with E-state index in [4.69, 9.17) is 4.74 Å². The lowest BCUT2D eigenvalue weighted by molar-refractivity contribution is -0.115. The molecule has 2 N–H and O–H groups in total. The molecule has 0 bridgehead atoms. The molecule has 3 aromatic rings. The molecule has 31 heavy (non-hydrogen) atoms. The highest BCUT2D eigenvalue weighted by Gasteiger charge is 2.20. The summed E-state index contributed by atoms with van der Waals surface area (Å²) in [5.74, 6) is 0.840. The molecule has 0 aliphatic carbocycles. The fraction of sp³-hybridized carbons (Fsp3) is 0.368. The summed E-state index contributed by atoms with van der Waals surface area (Å²) in [5.41, 5.74) is 0.519. The zero-order valence-electron chi connectivity index (χ0n) is 17.6. The van der Waals surface area contributed by atoms with Gasteiger partial charge >= 0.3 is 0 Å². The molecule has 164 valence electrons. The Balaban J connectivity index is 1.54. The van der Waals surface area contributed by atoms with Gasteiger partial charge in [0.2, 0.25) is 11.0 Å². The van der Waals surface area contributed by atoms with Gasteiger partial charge in [0.25, 0.3) is 5.91 Å². The van der Waals surface area contributed by atoms with Crippen LogP contribution in [0.15, 0.2) is 29.4 Å². The summed E-state index contributed by atoms with van der Waals surface area (Å²) in [6.45, 7) is 3.97. The molecule has 0 spiro atoms. The third kappa shape index (κ3) is 5.79. The molecule has 12 heteroatoms. The van der Waals surface area contributed by atoms with E-state index in [0.717, 1.165) is 11.4 Å². The maximum absolute atomic E-state index is 12.4. The minimum Gasteiger partial charge on any atom is -0.497 e. The van der Waals surface area contributed by atoms with Crippen molar-refractivity contribution >= 4 is 40.0 Å². The Morgan fingerprint density at radius 2 is 1.94 bits per heavy atom. The minimum absolute atomic E-state index is 0.193. The normalized spacial score (nSPS) is 11.7. The highest BCUT2D eigenvalue weighted by Crippen LogP contribution is 2.23. The summed E-state index contributed by atoms with van der Waals surface area (Å²) in [6.07, 6.45) is 0.772. The van der Waals surface area contributed by atoms with Crippen LogP contribution in [0.2, 0.25) is 0 Å². The number of hydrogen-bond acceptors (Lipinski definition) is 9. The standard InChI is InChI=1S/C19H23N7O3S2/c1-5-15-23-24-18(31-15)21-16(27)11(2)30-19-25-22-14(26(19)3)10-20-17(28)12-6-8-13(29-4)9-7-12/h6-9,11H,5,10H2,1-4H3,(H,20,28)(H,21,24,27)/t11-/m0/s1. The molecule has 0 unspecified atom stereocenters. The van der Waals surface area contributed by atoms with Crippen LogP contribution in [0.4, 0.5) is 5.13 Å². The van der Waals surface area contributed by atoms with Crippen LogP contribution in [0.3, 0.4) is 0 Å². The summed E-state index contributed by atoms with van der Waals surface area (Å²) < 4.78 is 6.85. The first-order valence-corrected chi connectivity index (χ1v) is 11.2. The number of nitrogens with one attached hydrogen (secondary N) is 2. The predicted molar refractivity (Wildman–Crippen MR) is 118 cm³/mol. The third-order valence-electron chi connectivity index (χ3n) is 4.34. The fourth-order valence-corrected chi connectivity index (χ4v) is 3.99. The smallest absolute Gasteiger partial charge is 0.251 e. The lowest BCUT2D eigenvalue weighted by Crippen LogP contribution is -2.24. The second kappa shape index (κ2) is 10.4. The Hall–Kier alpha value is -2.99. The molecule has 1 atom stereocenters. The van der Waals surface area contributed by atoms with Gasteiger partial charge in [-0.3, -0.25) is 14.9 Å². The van der Waals surface area contributed by atoms with E-state index in [2.05, 4.69) is 31.0 Å². The number of thioether (sulfide) groups is 1. The number of ether oxygens (including phenoxy) is 1. The van der Waals surface area contributed by atoms with Crippen LogP contribution in [-0.2, 0) is 24.8 Å². The molecule has 3 rings (SSSR count). The van der Waals surface area contributed by atoms with Crippen LogP contribution in [-0.4, -0.2) is 49.1 Å². The molecule has 0 fully saturated rings. The average molecular weight is 462 g/mol. The van der Waals surface area contributed by atoms with E-state index in [9.17, 15) is 9.59 Å². The quantitative estimate of drug-likeness (QED) is 0.465. The Morgan fingerprint density at radius 1 is 1.19 bits per heavy atom. The van der Waals surface area contributed by atoms with Crippen LogP contribution in [0, 0.1) is 0 Å². The van der Waals surface area contributed by atoms with Crippen molar-refractivity contribution in [2.24, 2.45) is 7.05 Å². The zero-order valence-corrected chi connectivity index (χ0v) is 19.2. The summed E-state index contributed by atoms with van der Waals surface area (Å²) in [7, 11) is 3.36. The second-order valence-electron chi connectivity index (χ2n) is 6.47. The molecular weight excluding hydrogens is 438 g/mol. The number of aromatic nitrogens is 5. The van der Waals surface area contributed by atoms with Crippen molar-refractivity contribution in [2.75, 3.05) is 12.4 Å². The van der Waals surface area contributed by atoms with Gasteiger partial charge in [0.1, 0.15) is 10.8 Å². The average Bonchev–Trinajstić information content (AvgIpc) is 3.38. The number of nitrogens with zero attached hydrogens (tertiary/aromatic N) is 5. The summed E-state index contributed by atoms with van der Waals surface area (Å²) in [6, 6.07) is 6.83. The maximum Gasteiger partial charge on any atom is 0.251 e. The Kier molecular flexibility index (Phi) is 7.58. The van der Waals surface area contributed by atoms with E-state index in [1.165, 1.54) is 23.1 Å². The molecule has 0 aliphatic heterocycles. The van der Waals surface area contributed by atoms with Gasteiger partial charge < -0.3 is 14.6 Å². The van der Waals surface area contributed by atoms with Crippen molar-refractivity contribution in [3.05, 3.63) is 40.7 Å². The van der Waals surface area contributed by atoms with Gasteiger partial charge in [-0.15, -0.1) is 20.4 Å². The highest BCUT2D eigenvalue weighted by atomic mass is 32.2. The summed E-state index contributed by atoms with van der Waals surface area (Å²) in [5, 5.41) is 23.3. The number of hydrogen-bond donors (Lipinski definition) is 2. The van der Waals surface area contributed by atoms with E-state index >= 15 is 0 Å². The zero-order chi connectivity index (χ0) is 22.4. The summed E-state index contributed by atoms with van der Waals surface area (Å²) in [4.78, 5) is 24.8. The van der Waals surface area contributed by atoms with Crippen LogP contribution in [0.5, 0.6) is 5.75 Å². The van der Waals surface area contributed by atoms with E-state index in [0.29, 0.717) is 27.4 Å². The number of benzene rings is 1. The number of carbonyl (C=O) groups excluding carboxylic acids is 2. The molecule has 0 saturated heterocycles. The van der Waals surface area contributed by atoms with Gasteiger partial charge in [-0.1, -0.05) is 30.0 Å². The Morgan fingerprint density at radius 3 is 2.58 bits per heavy atom. The largest absolute Gasteiger partial charge is 0.497 e. The second-order valence-corrected chi connectivity index (χ2v) is 8.84. The third-order valence-corrected chi connectivity index (χ3v) is 6.45. The molecule has 0 saturated carbocycles. The first kappa shape index (κ1) is 22.7. The Labute approximate surface area is 187 Å². The number of anilines is 1. The van der Waals surface area contributed by atoms with Gasteiger partial charge in [-0.25, -0.2) is 0 Å². The van der Waals surface area contributed by atoms with Crippen molar-refractivity contribution in [3.8, 4) is 5.75 Å². The van der Waals surface area contributed by atoms with Gasteiger partial charge in [-0.05, 0) is 37.6 Å². The van der Waals surface area contributed by atoms with Crippen molar-refractivity contribution in [1.82, 2.24) is 30.3 Å². The lowest BCUT2D eigenvalue weighted by Gasteiger charge is -2.10. The molecule has 0 radical (unpaired) electrons. The van der Waals surface area contributed by atoms with Crippen molar-refractivity contribution in [2.45, 2.75) is 37.2 Å². The monoisotopic (exact) mass is 461 g/mol. The minimum atomic E-state index is -0.418. The van der Waals surface area contributed by atoms with Crippen LogP contribution in [0.1, 0.15) is 35.0 Å². The first-order chi connectivity index (χ1) is 14.9. The molecule has 2 aromatic heterocycles. The van der Waals surface area contributed by atoms with E-state index < -0.39 is 5.25 Å². The number of methoxy groups -OCH3 is 1. The topological polar surface area (TPSA) is 124 Å². The summed E-state index contributed by atoms with van der Waals surface area (Å²) >= 11 is 2.63. The van der Waals surface area contributed by atoms with Crippen molar-refractivity contribution in [3.63, 3.8) is 0 Å². The van der Waals surface area contributed by atoms with Crippen LogP contribution < -0.4 is 15.4 Å². The fourth-order valence-electron chi connectivity index (χ4n) is 2.47. The highest BCUT2D eigenvalue weighted by molar-refractivity contribution is 8.00. The molecule has 2 amide bonds.